The van der Waals surface area contributed by atoms with Gasteiger partial charge in [-0.3, -0.25) is 4.79 Å². The van der Waals surface area contributed by atoms with Crippen LogP contribution in [0.1, 0.15) is 30.0 Å². The van der Waals surface area contributed by atoms with Crippen LogP contribution in [0.3, 0.4) is 0 Å². The lowest BCUT2D eigenvalue weighted by Crippen LogP contribution is -2.48. The predicted octanol–water partition coefficient (Wildman–Crippen LogP) is 4.26. The molecule has 0 unspecified atom stereocenters. The van der Waals surface area contributed by atoms with Crippen molar-refractivity contribution in [2.24, 2.45) is 0 Å². The van der Waals surface area contributed by atoms with Gasteiger partial charge < -0.3 is 9.64 Å². The zero-order valence-corrected chi connectivity index (χ0v) is 17.1. The van der Waals surface area contributed by atoms with Gasteiger partial charge in [0.1, 0.15) is 0 Å². The van der Waals surface area contributed by atoms with E-state index in [1.165, 1.54) is 28.2 Å². The van der Waals surface area contributed by atoms with Crippen molar-refractivity contribution in [3.05, 3.63) is 53.2 Å². The number of amides is 1. The first kappa shape index (κ1) is 20.5. The number of thiophene rings is 1. The fraction of sp³-hybridized carbons (Fsp3) is 0.350. The summed E-state index contributed by atoms with van der Waals surface area (Å²) in [5.74, 6) is -0.111. The second-order valence-corrected chi connectivity index (χ2v) is 8.11. The summed E-state index contributed by atoms with van der Waals surface area (Å²) in [6, 6.07) is 8.40. The molecule has 4 rings (SSSR count). The van der Waals surface area contributed by atoms with Crippen molar-refractivity contribution in [1.82, 2.24) is 19.7 Å². The van der Waals surface area contributed by atoms with Crippen LogP contribution in [0.4, 0.5) is 13.2 Å². The van der Waals surface area contributed by atoms with Crippen LogP contribution in [0.15, 0.2) is 41.8 Å². The number of benzene rings is 1. The van der Waals surface area contributed by atoms with E-state index in [0.29, 0.717) is 23.8 Å². The van der Waals surface area contributed by atoms with Gasteiger partial charge in [-0.15, -0.1) is 16.4 Å². The smallest absolute Gasteiger partial charge is 0.372 e. The molecule has 1 fully saturated rings. The number of ether oxygens (including phenoxy) is 1. The van der Waals surface area contributed by atoms with Crippen LogP contribution in [0.5, 0.6) is 0 Å². The van der Waals surface area contributed by atoms with Gasteiger partial charge in [0, 0.05) is 13.1 Å². The Morgan fingerprint density at radius 3 is 2.53 bits per heavy atom. The molecular weight excluding hydrogens is 417 g/mol. The number of aromatic nitrogens is 3. The highest BCUT2D eigenvalue weighted by Gasteiger charge is 2.32. The predicted molar refractivity (Wildman–Crippen MR) is 106 cm³/mol. The van der Waals surface area contributed by atoms with E-state index in [1.807, 2.05) is 19.2 Å². The molecule has 0 saturated carbocycles. The molecule has 1 aromatic carbocycles. The standard InChI is InChI=1S/C20H19F3N4O2S/c1-12-10-26(11-13(2)29-12)19(28)17-24-18(16-7-4-8-30-16)27(25-17)15-6-3-5-14(9-15)20(21,22)23/h3-9,12-13H,10-11H2,1-2H3/t12-,13-/m0/s1. The van der Waals surface area contributed by atoms with Crippen molar-refractivity contribution in [3.8, 4) is 16.4 Å². The van der Waals surface area contributed by atoms with Crippen LogP contribution in [0, 0.1) is 0 Å². The Balaban J connectivity index is 1.76. The first-order chi connectivity index (χ1) is 14.2. The Labute approximate surface area is 174 Å². The van der Waals surface area contributed by atoms with Crippen molar-refractivity contribution in [3.63, 3.8) is 0 Å². The van der Waals surface area contributed by atoms with Gasteiger partial charge in [-0.2, -0.15) is 13.2 Å². The Hall–Kier alpha value is -2.72. The maximum Gasteiger partial charge on any atom is 0.416 e. The number of hydrogen-bond donors (Lipinski definition) is 0. The summed E-state index contributed by atoms with van der Waals surface area (Å²) in [4.78, 5) is 19.7. The van der Waals surface area contributed by atoms with Gasteiger partial charge >= 0.3 is 6.18 Å². The minimum Gasteiger partial charge on any atom is -0.372 e. The molecule has 3 heterocycles. The Kier molecular flexibility index (Phi) is 5.37. The van der Waals surface area contributed by atoms with Gasteiger partial charge in [0.05, 0.1) is 28.3 Å². The summed E-state index contributed by atoms with van der Waals surface area (Å²) in [5.41, 5.74) is -0.611. The molecule has 0 radical (unpaired) electrons. The van der Waals surface area contributed by atoms with Crippen molar-refractivity contribution in [2.75, 3.05) is 13.1 Å². The van der Waals surface area contributed by atoms with Crippen LogP contribution >= 0.6 is 11.3 Å². The maximum absolute atomic E-state index is 13.2. The monoisotopic (exact) mass is 436 g/mol. The average Bonchev–Trinajstić information content (AvgIpc) is 3.36. The first-order valence-corrected chi connectivity index (χ1v) is 10.2. The molecule has 2 aromatic heterocycles. The molecule has 158 valence electrons. The Bertz CT molecular complexity index is 1040. The molecule has 0 spiro atoms. The van der Waals surface area contributed by atoms with Crippen LogP contribution in [-0.2, 0) is 10.9 Å². The fourth-order valence-electron chi connectivity index (χ4n) is 3.45. The number of morpholine rings is 1. The highest BCUT2D eigenvalue weighted by atomic mass is 32.1. The normalized spacial score (nSPS) is 19.8. The zero-order valence-electron chi connectivity index (χ0n) is 16.3. The van der Waals surface area contributed by atoms with Crippen LogP contribution in [-0.4, -0.2) is 50.9 Å². The van der Waals surface area contributed by atoms with Crippen molar-refractivity contribution < 1.29 is 22.7 Å². The van der Waals surface area contributed by atoms with E-state index in [9.17, 15) is 18.0 Å². The molecule has 0 N–H and O–H groups in total. The summed E-state index contributed by atoms with van der Waals surface area (Å²) in [7, 11) is 0. The van der Waals surface area contributed by atoms with Gasteiger partial charge in [0.25, 0.3) is 5.91 Å². The molecule has 3 aromatic rings. The van der Waals surface area contributed by atoms with Crippen LogP contribution < -0.4 is 0 Å². The lowest BCUT2D eigenvalue weighted by Gasteiger charge is -2.34. The topological polar surface area (TPSA) is 60.2 Å². The van der Waals surface area contributed by atoms with E-state index in [2.05, 4.69) is 10.1 Å². The van der Waals surface area contributed by atoms with Gasteiger partial charge in [0.2, 0.25) is 5.82 Å². The molecule has 0 bridgehead atoms. The molecule has 1 saturated heterocycles. The molecule has 1 aliphatic heterocycles. The van der Waals surface area contributed by atoms with E-state index in [1.54, 1.807) is 17.0 Å². The molecule has 0 aliphatic carbocycles. The third kappa shape index (κ3) is 4.10. The van der Waals surface area contributed by atoms with E-state index in [4.69, 9.17) is 4.74 Å². The fourth-order valence-corrected chi connectivity index (χ4v) is 4.15. The molecule has 30 heavy (non-hydrogen) atoms. The molecule has 6 nitrogen and oxygen atoms in total. The van der Waals surface area contributed by atoms with Gasteiger partial charge in [-0.1, -0.05) is 12.1 Å². The van der Waals surface area contributed by atoms with E-state index in [0.717, 1.165) is 12.1 Å². The number of hydrogen-bond acceptors (Lipinski definition) is 5. The first-order valence-electron chi connectivity index (χ1n) is 9.35. The maximum atomic E-state index is 13.2. The Morgan fingerprint density at radius 1 is 1.17 bits per heavy atom. The second-order valence-electron chi connectivity index (χ2n) is 7.16. The third-order valence-corrected chi connectivity index (χ3v) is 5.53. The SMILES string of the molecule is C[C@H]1CN(C(=O)c2nc(-c3cccs3)n(-c3cccc(C(F)(F)F)c3)n2)C[C@H](C)O1. The highest BCUT2D eigenvalue weighted by molar-refractivity contribution is 7.13. The largest absolute Gasteiger partial charge is 0.416 e. The van der Waals surface area contributed by atoms with Gasteiger partial charge in [-0.25, -0.2) is 9.67 Å². The van der Waals surface area contributed by atoms with Gasteiger partial charge in [-0.05, 0) is 43.5 Å². The van der Waals surface area contributed by atoms with Crippen molar-refractivity contribution >= 4 is 17.2 Å². The minimum absolute atomic E-state index is 0.0582. The summed E-state index contributed by atoms with van der Waals surface area (Å²) >= 11 is 1.37. The van der Waals surface area contributed by atoms with Crippen LogP contribution in [0.2, 0.25) is 0 Å². The number of carbonyl (C=O) groups excluding carboxylic acids is 1. The number of carbonyl (C=O) groups is 1. The number of nitrogens with zero attached hydrogens (tertiary/aromatic N) is 4. The van der Waals surface area contributed by atoms with Crippen molar-refractivity contribution in [2.45, 2.75) is 32.2 Å². The molecule has 1 aliphatic rings. The quantitative estimate of drug-likeness (QED) is 0.616. The number of rotatable bonds is 3. The average molecular weight is 436 g/mol. The van der Waals surface area contributed by atoms with Crippen LogP contribution in [0.25, 0.3) is 16.4 Å². The highest BCUT2D eigenvalue weighted by Crippen LogP contribution is 2.32. The second kappa shape index (κ2) is 7.84. The summed E-state index contributed by atoms with van der Waals surface area (Å²) < 4.78 is 46.5. The van der Waals surface area contributed by atoms with E-state index in [-0.39, 0.29) is 29.6 Å². The van der Waals surface area contributed by atoms with E-state index < -0.39 is 11.7 Å². The number of halogens is 3. The Morgan fingerprint density at radius 2 is 1.90 bits per heavy atom. The van der Waals surface area contributed by atoms with Gasteiger partial charge in [0.15, 0.2) is 5.82 Å². The number of alkyl halides is 3. The molecule has 2 atom stereocenters. The third-order valence-electron chi connectivity index (χ3n) is 4.66. The molecule has 10 heteroatoms. The zero-order chi connectivity index (χ0) is 21.5. The minimum atomic E-state index is -4.49. The molecular formula is C20H19F3N4O2S. The summed E-state index contributed by atoms with van der Waals surface area (Å²) in [5, 5.41) is 6.12. The summed E-state index contributed by atoms with van der Waals surface area (Å²) in [6.07, 6.45) is -4.74. The lowest BCUT2D eigenvalue weighted by molar-refractivity contribution is -0.137. The lowest BCUT2D eigenvalue weighted by atomic mass is 10.2. The summed E-state index contributed by atoms with van der Waals surface area (Å²) in [6.45, 7) is 4.55. The molecule has 1 amide bonds. The van der Waals surface area contributed by atoms with E-state index >= 15 is 0 Å². The van der Waals surface area contributed by atoms with Crippen molar-refractivity contribution in [1.29, 1.82) is 0 Å².